The number of aromatic nitrogens is 5. The minimum atomic E-state index is -3.51. The van der Waals surface area contributed by atoms with Crippen molar-refractivity contribution in [1.82, 2.24) is 28.9 Å². The van der Waals surface area contributed by atoms with Crippen LogP contribution in [-0.4, -0.2) is 50.4 Å². The van der Waals surface area contributed by atoms with Crippen molar-refractivity contribution in [3.63, 3.8) is 0 Å². The van der Waals surface area contributed by atoms with Crippen molar-refractivity contribution in [2.45, 2.75) is 82.7 Å². The summed E-state index contributed by atoms with van der Waals surface area (Å²) < 4.78 is 31.9. The maximum absolute atomic E-state index is 13.2. The van der Waals surface area contributed by atoms with Gasteiger partial charge in [0.05, 0.1) is 5.69 Å². The summed E-state index contributed by atoms with van der Waals surface area (Å²) in [6, 6.07) is 0.136. The van der Waals surface area contributed by atoms with Crippen LogP contribution in [0.15, 0.2) is 11.1 Å². The van der Waals surface area contributed by atoms with Crippen LogP contribution in [0.4, 0.5) is 0 Å². The molecule has 8 nitrogen and oxygen atoms in total. The SMILES string of the molecule is Cc1nn(C(C)C)cc1S(=O)(=O)N1CCC(c2nnc3n2CCCCC3)CC1. The van der Waals surface area contributed by atoms with Gasteiger partial charge in [-0.3, -0.25) is 4.68 Å². The summed E-state index contributed by atoms with van der Waals surface area (Å²) in [5.74, 6) is 2.43. The Balaban J connectivity index is 1.49. The van der Waals surface area contributed by atoms with E-state index in [0.717, 1.165) is 37.5 Å². The lowest BCUT2D eigenvalue weighted by atomic mass is 9.97. The summed E-state index contributed by atoms with van der Waals surface area (Å²) in [5, 5.41) is 13.3. The van der Waals surface area contributed by atoms with Crippen LogP contribution in [0.25, 0.3) is 0 Å². The zero-order valence-corrected chi connectivity index (χ0v) is 17.8. The molecule has 2 aliphatic rings. The highest BCUT2D eigenvalue weighted by Gasteiger charge is 2.34. The first-order valence-corrected chi connectivity index (χ1v) is 11.8. The zero-order chi connectivity index (χ0) is 19.9. The van der Waals surface area contributed by atoms with E-state index in [1.165, 1.54) is 19.3 Å². The van der Waals surface area contributed by atoms with Crippen molar-refractivity contribution in [2.75, 3.05) is 13.1 Å². The molecule has 2 aromatic rings. The van der Waals surface area contributed by atoms with Gasteiger partial charge in [-0.25, -0.2) is 8.42 Å². The van der Waals surface area contributed by atoms with E-state index in [4.69, 9.17) is 0 Å². The molecule has 0 aromatic carbocycles. The van der Waals surface area contributed by atoms with Crippen LogP contribution < -0.4 is 0 Å². The molecule has 0 radical (unpaired) electrons. The van der Waals surface area contributed by atoms with Crippen molar-refractivity contribution >= 4 is 10.0 Å². The molecule has 0 unspecified atom stereocenters. The number of hydrogen-bond donors (Lipinski definition) is 0. The number of rotatable bonds is 4. The third kappa shape index (κ3) is 3.50. The van der Waals surface area contributed by atoms with Crippen LogP contribution in [0.5, 0.6) is 0 Å². The Kier molecular flexibility index (Phi) is 5.30. The van der Waals surface area contributed by atoms with Crippen LogP contribution >= 0.6 is 0 Å². The van der Waals surface area contributed by atoms with Crippen LogP contribution in [0.1, 0.15) is 75.3 Å². The van der Waals surface area contributed by atoms with Gasteiger partial charge in [-0.05, 0) is 46.5 Å². The second-order valence-electron chi connectivity index (χ2n) is 8.27. The number of piperidine rings is 1. The van der Waals surface area contributed by atoms with E-state index < -0.39 is 10.0 Å². The molecule has 2 aromatic heterocycles. The first-order chi connectivity index (χ1) is 13.4. The van der Waals surface area contributed by atoms with Gasteiger partial charge >= 0.3 is 0 Å². The van der Waals surface area contributed by atoms with Gasteiger partial charge < -0.3 is 4.57 Å². The second kappa shape index (κ2) is 7.59. The van der Waals surface area contributed by atoms with Gasteiger partial charge in [0.15, 0.2) is 0 Å². The molecule has 28 heavy (non-hydrogen) atoms. The van der Waals surface area contributed by atoms with Gasteiger partial charge in [0, 0.05) is 44.2 Å². The fraction of sp³-hybridized carbons (Fsp3) is 0.737. The summed E-state index contributed by atoms with van der Waals surface area (Å²) in [5.41, 5.74) is 0.568. The van der Waals surface area contributed by atoms with E-state index in [2.05, 4.69) is 19.9 Å². The van der Waals surface area contributed by atoms with Crippen LogP contribution in [0.3, 0.4) is 0 Å². The normalized spacial score (nSPS) is 19.7. The smallest absolute Gasteiger partial charge is 0.246 e. The lowest BCUT2D eigenvalue weighted by Crippen LogP contribution is -2.38. The van der Waals surface area contributed by atoms with Crippen LogP contribution in [-0.2, 0) is 23.0 Å². The molecule has 1 saturated heterocycles. The van der Waals surface area contributed by atoms with E-state index >= 15 is 0 Å². The molecule has 0 bridgehead atoms. The van der Waals surface area contributed by atoms with Gasteiger partial charge in [0.25, 0.3) is 0 Å². The Labute approximate surface area is 167 Å². The number of aryl methyl sites for hydroxylation is 2. The summed E-state index contributed by atoms with van der Waals surface area (Å²) in [4.78, 5) is 0.330. The molecule has 154 valence electrons. The van der Waals surface area contributed by atoms with Crippen molar-refractivity contribution in [2.24, 2.45) is 0 Å². The molecule has 9 heteroatoms. The molecule has 0 amide bonds. The number of nitrogens with zero attached hydrogens (tertiary/aromatic N) is 6. The van der Waals surface area contributed by atoms with Gasteiger partial charge in [0.1, 0.15) is 16.5 Å². The summed E-state index contributed by atoms with van der Waals surface area (Å²) in [6.07, 6.45) is 7.83. The van der Waals surface area contributed by atoms with Crippen molar-refractivity contribution in [1.29, 1.82) is 0 Å². The maximum Gasteiger partial charge on any atom is 0.246 e. The minimum absolute atomic E-state index is 0.136. The summed E-state index contributed by atoms with van der Waals surface area (Å²) >= 11 is 0. The van der Waals surface area contributed by atoms with E-state index in [1.54, 1.807) is 22.1 Å². The highest BCUT2D eigenvalue weighted by atomic mass is 32.2. The largest absolute Gasteiger partial charge is 0.315 e. The van der Waals surface area contributed by atoms with Crippen LogP contribution in [0, 0.1) is 6.92 Å². The van der Waals surface area contributed by atoms with Crippen molar-refractivity contribution < 1.29 is 8.42 Å². The van der Waals surface area contributed by atoms with E-state index in [-0.39, 0.29) is 12.0 Å². The summed E-state index contributed by atoms with van der Waals surface area (Å²) in [7, 11) is -3.51. The predicted molar refractivity (Wildman–Crippen MR) is 106 cm³/mol. The Morgan fingerprint density at radius 3 is 2.50 bits per heavy atom. The average Bonchev–Trinajstić information content (AvgIpc) is 3.19. The predicted octanol–water partition coefficient (Wildman–Crippen LogP) is 2.66. The quantitative estimate of drug-likeness (QED) is 0.779. The van der Waals surface area contributed by atoms with Crippen molar-refractivity contribution in [3.8, 4) is 0 Å². The topological polar surface area (TPSA) is 85.9 Å². The molecular weight excluding hydrogens is 376 g/mol. The molecule has 4 heterocycles. The van der Waals surface area contributed by atoms with Gasteiger partial charge in [-0.15, -0.1) is 10.2 Å². The first kappa shape index (κ1) is 19.6. The molecule has 0 aliphatic carbocycles. The Morgan fingerprint density at radius 1 is 1.07 bits per heavy atom. The van der Waals surface area contributed by atoms with Crippen molar-refractivity contribution in [3.05, 3.63) is 23.5 Å². The molecule has 2 aliphatic heterocycles. The van der Waals surface area contributed by atoms with E-state index in [0.29, 0.717) is 23.7 Å². The van der Waals surface area contributed by atoms with Gasteiger partial charge in [-0.2, -0.15) is 9.40 Å². The molecule has 0 N–H and O–H groups in total. The van der Waals surface area contributed by atoms with E-state index in [9.17, 15) is 8.42 Å². The third-order valence-corrected chi connectivity index (χ3v) is 7.98. The Morgan fingerprint density at radius 2 is 1.82 bits per heavy atom. The lowest BCUT2D eigenvalue weighted by molar-refractivity contribution is 0.308. The molecule has 1 fully saturated rings. The highest BCUT2D eigenvalue weighted by molar-refractivity contribution is 7.89. The Bertz CT molecular complexity index is 938. The van der Waals surface area contributed by atoms with Gasteiger partial charge in [-0.1, -0.05) is 6.42 Å². The van der Waals surface area contributed by atoms with Gasteiger partial charge in [0.2, 0.25) is 10.0 Å². The monoisotopic (exact) mass is 406 g/mol. The third-order valence-electron chi connectivity index (χ3n) is 5.98. The standard InChI is InChI=1S/C19H30N6O2S/c1-14(2)25-13-17(15(3)22-25)28(26,27)23-11-8-16(9-12-23)19-21-20-18-7-5-4-6-10-24(18)19/h13-14,16H,4-12H2,1-3H3. The van der Waals surface area contributed by atoms with Crippen LogP contribution in [0.2, 0.25) is 0 Å². The second-order valence-corrected chi connectivity index (χ2v) is 10.2. The number of hydrogen-bond acceptors (Lipinski definition) is 5. The maximum atomic E-state index is 13.2. The zero-order valence-electron chi connectivity index (χ0n) is 17.0. The molecule has 0 saturated carbocycles. The fourth-order valence-corrected chi connectivity index (χ4v) is 5.91. The molecule has 4 rings (SSSR count). The highest BCUT2D eigenvalue weighted by Crippen LogP contribution is 2.32. The fourth-order valence-electron chi connectivity index (χ4n) is 4.29. The number of fused-ring (bicyclic) bond motifs is 1. The van der Waals surface area contributed by atoms with E-state index in [1.807, 2.05) is 13.8 Å². The molecule has 0 atom stereocenters. The number of sulfonamides is 1. The first-order valence-electron chi connectivity index (χ1n) is 10.4. The molecular formula is C19H30N6O2S. The lowest BCUT2D eigenvalue weighted by Gasteiger charge is -2.30. The Hall–Kier alpha value is -1.74. The average molecular weight is 407 g/mol. The minimum Gasteiger partial charge on any atom is -0.315 e. The summed E-state index contributed by atoms with van der Waals surface area (Å²) in [6.45, 7) is 7.78. The molecule has 0 spiro atoms.